The summed E-state index contributed by atoms with van der Waals surface area (Å²) < 4.78 is 5.79. The first kappa shape index (κ1) is 17.5. The molecule has 0 fully saturated rings. The summed E-state index contributed by atoms with van der Waals surface area (Å²) in [6.45, 7) is 3.65. The van der Waals surface area contributed by atoms with Crippen LogP contribution < -0.4 is 10.5 Å². The fourth-order valence-electron chi connectivity index (χ4n) is 2.68. The van der Waals surface area contributed by atoms with E-state index in [9.17, 15) is 0 Å². The van der Waals surface area contributed by atoms with E-state index in [2.05, 4.69) is 42.2 Å². The molecule has 0 amide bonds. The maximum absolute atomic E-state index is 5.94. The van der Waals surface area contributed by atoms with Crippen LogP contribution in [0.2, 0.25) is 0 Å². The molecule has 1 heterocycles. The van der Waals surface area contributed by atoms with E-state index in [1.54, 1.807) is 6.20 Å². The van der Waals surface area contributed by atoms with Crippen LogP contribution in [0.1, 0.15) is 49.7 Å². The minimum Gasteiger partial charge on any atom is -0.494 e. The van der Waals surface area contributed by atoms with Crippen LogP contribution in [-0.2, 0) is 6.42 Å². The Morgan fingerprint density at radius 1 is 1.09 bits per heavy atom. The predicted molar refractivity (Wildman–Crippen MR) is 95.8 cm³/mol. The van der Waals surface area contributed by atoms with Gasteiger partial charge in [0.2, 0.25) is 0 Å². The molecule has 1 aromatic carbocycles. The molecule has 0 saturated heterocycles. The Bertz CT molecular complexity index is 539. The minimum absolute atomic E-state index is 0.310. The van der Waals surface area contributed by atoms with E-state index in [0.717, 1.165) is 25.2 Å². The summed E-state index contributed by atoms with van der Waals surface area (Å²) in [7, 11) is 0. The highest BCUT2D eigenvalue weighted by Gasteiger charge is 2.10. The molecule has 2 N–H and O–H groups in total. The van der Waals surface area contributed by atoms with Gasteiger partial charge in [0.25, 0.3) is 0 Å². The third-order valence-corrected chi connectivity index (χ3v) is 4.11. The predicted octanol–water partition coefficient (Wildman–Crippen LogP) is 4.33. The molecule has 1 atom stereocenters. The highest BCUT2D eigenvalue weighted by atomic mass is 16.5. The molecule has 2 aromatic rings. The Kier molecular flexibility index (Phi) is 7.61. The standard InChI is InChI=1S/C20H28N2O/c1-2-3-4-5-13-23-20-10-8-17(9-11-20)14-19(15-21)18-7-6-12-22-16-18/h6-12,16,19H,2-5,13-15,21H2,1H3. The van der Waals surface area contributed by atoms with Crippen molar-refractivity contribution < 1.29 is 4.74 Å². The maximum atomic E-state index is 5.94. The van der Waals surface area contributed by atoms with Crippen LogP contribution in [0, 0.1) is 0 Å². The van der Waals surface area contributed by atoms with Crippen molar-refractivity contribution >= 4 is 0 Å². The van der Waals surface area contributed by atoms with Crippen LogP contribution in [-0.4, -0.2) is 18.1 Å². The highest BCUT2D eigenvalue weighted by Crippen LogP contribution is 2.21. The SMILES string of the molecule is CCCCCCOc1ccc(CC(CN)c2cccnc2)cc1. The number of pyridine rings is 1. The van der Waals surface area contributed by atoms with E-state index in [0.29, 0.717) is 12.5 Å². The number of nitrogens with zero attached hydrogens (tertiary/aromatic N) is 1. The van der Waals surface area contributed by atoms with Crippen LogP contribution in [0.25, 0.3) is 0 Å². The normalized spacial score (nSPS) is 12.1. The molecule has 1 aromatic heterocycles. The smallest absolute Gasteiger partial charge is 0.119 e. The second-order valence-corrected chi connectivity index (χ2v) is 5.98. The molecule has 0 aliphatic heterocycles. The Morgan fingerprint density at radius 3 is 2.57 bits per heavy atom. The quantitative estimate of drug-likeness (QED) is 0.664. The molecule has 2 rings (SSSR count). The zero-order valence-corrected chi connectivity index (χ0v) is 14.1. The van der Waals surface area contributed by atoms with Gasteiger partial charge in [0.05, 0.1) is 6.61 Å². The van der Waals surface area contributed by atoms with Gasteiger partial charge in [0.1, 0.15) is 5.75 Å². The Balaban J connectivity index is 1.84. The lowest BCUT2D eigenvalue weighted by Crippen LogP contribution is -2.15. The van der Waals surface area contributed by atoms with Crippen molar-refractivity contribution in [2.45, 2.75) is 44.9 Å². The van der Waals surface area contributed by atoms with Crippen LogP contribution in [0.15, 0.2) is 48.8 Å². The molecule has 23 heavy (non-hydrogen) atoms. The molecular formula is C20H28N2O. The maximum Gasteiger partial charge on any atom is 0.119 e. The lowest BCUT2D eigenvalue weighted by atomic mass is 9.93. The van der Waals surface area contributed by atoms with E-state index >= 15 is 0 Å². The van der Waals surface area contributed by atoms with Crippen molar-refractivity contribution in [2.24, 2.45) is 5.73 Å². The van der Waals surface area contributed by atoms with E-state index in [1.165, 1.54) is 30.4 Å². The van der Waals surface area contributed by atoms with Crippen LogP contribution in [0.5, 0.6) is 5.75 Å². The first-order valence-electron chi connectivity index (χ1n) is 8.65. The van der Waals surface area contributed by atoms with Crippen molar-refractivity contribution in [2.75, 3.05) is 13.2 Å². The Labute approximate surface area is 139 Å². The molecule has 3 nitrogen and oxygen atoms in total. The number of nitrogens with two attached hydrogens (primary N) is 1. The molecule has 0 bridgehead atoms. The Hall–Kier alpha value is -1.87. The fraction of sp³-hybridized carbons (Fsp3) is 0.450. The molecule has 0 aliphatic rings. The Morgan fingerprint density at radius 2 is 1.91 bits per heavy atom. The molecule has 1 unspecified atom stereocenters. The molecule has 0 spiro atoms. The zero-order chi connectivity index (χ0) is 16.3. The molecular weight excluding hydrogens is 284 g/mol. The number of ether oxygens (including phenoxy) is 1. The largest absolute Gasteiger partial charge is 0.494 e. The summed E-state index contributed by atoms with van der Waals surface area (Å²) in [6, 6.07) is 12.5. The second-order valence-electron chi connectivity index (χ2n) is 5.98. The third kappa shape index (κ3) is 6.03. The van der Waals surface area contributed by atoms with Crippen molar-refractivity contribution in [1.82, 2.24) is 4.98 Å². The number of hydrogen-bond acceptors (Lipinski definition) is 3. The summed E-state index contributed by atoms with van der Waals surface area (Å²) in [5, 5.41) is 0. The van der Waals surface area contributed by atoms with Gasteiger partial charge in [-0.1, -0.05) is 44.4 Å². The van der Waals surface area contributed by atoms with Crippen molar-refractivity contribution in [3.05, 3.63) is 59.9 Å². The number of aromatic nitrogens is 1. The highest BCUT2D eigenvalue weighted by molar-refractivity contribution is 5.29. The average molecular weight is 312 g/mol. The van der Waals surface area contributed by atoms with Gasteiger partial charge in [-0.05, 0) is 48.7 Å². The van der Waals surface area contributed by atoms with Gasteiger partial charge in [-0.2, -0.15) is 0 Å². The fourth-order valence-corrected chi connectivity index (χ4v) is 2.68. The van der Waals surface area contributed by atoms with Gasteiger partial charge in [-0.15, -0.1) is 0 Å². The molecule has 124 valence electrons. The first-order chi connectivity index (χ1) is 11.3. The van der Waals surface area contributed by atoms with E-state index in [-0.39, 0.29) is 0 Å². The molecule has 0 aliphatic carbocycles. The zero-order valence-electron chi connectivity index (χ0n) is 14.1. The van der Waals surface area contributed by atoms with Gasteiger partial charge in [-0.3, -0.25) is 4.98 Å². The van der Waals surface area contributed by atoms with Crippen LogP contribution in [0.4, 0.5) is 0 Å². The monoisotopic (exact) mass is 312 g/mol. The average Bonchev–Trinajstić information content (AvgIpc) is 2.61. The number of benzene rings is 1. The summed E-state index contributed by atoms with van der Waals surface area (Å²) in [5.41, 5.74) is 8.42. The lowest BCUT2D eigenvalue weighted by molar-refractivity contribution is 0.305. The van der Waals surface area contributed by atoms with Gasteiger partial charge in [-0.25, -0.2) is 0 Å². The van der Waals surface area contributed by atoms with E-state index < -0.39 is 0 Å². The summed E-state index contributed by atoms with van der Waals surface area (Å²) in [4.78, 5) is 4.19. The van der Waals surface area contributed by atoms with Gasteiger partial charge in [0.15, 0.2) is 0 Å². The topological polar surface area (TPSA) is 48.1 Å². The number of hydrogen-bond donors (Lipinski definition) is 1. The van der Waals surface area contributed by atoms with Crippen molar-refractivity contribution in [3.8, 4) is 5.75 Å². The van der Waals surface area contributed by atoms with E-state index in [1.807, 2.05) is 12.3 Å². The number of unbranched alkanes of at least 4 members (excludes halogenated alkanes) is 3. The third-order valence-electron chi connectivity index (χ3n) is 4.11. The first-order valence-corrected chi connectivity index (χ1v) is 8.65. The molecule has 3 heteroatoms. The van der Waals surface area contributed by atoms with Crippen molar-refractivity contribution in [1.29, 1.82) is 0 Å². The summed E-state index contributed by atoms with van der Waals surface area (Å²) >= 11 is 0. The molecule has 0 saturated carbocycles. The lowest BCUT2D eigenvalue weighted by Gasteiger charge is -2.15. The van der Waals surface area contributed by atoms with Crippen LogP contribution in [0.3, 0.4) is 0 Å². The van der Waals surface area contributed by atoms with E-state index in [4.69, 9.17) is 10.5 Å². The second kappa shape index (κ2) is 10.0. The summed E-state index contributed by atoms with van der Waals surface area (Å²) in [6.07, 6.45) is 9.56. The van der Waals surface area contributed by atoms with Crippen LogP contribution >= 0.6 is 0 Å². The number of rotatable bonds is 10. The minimum atomic E-state index is 0.310. The van der Waals surface area contributed by atoms with Crippen molar-refractivity contribution in [3.63, 3.8) is 0 Å². The van der Waals surface area contributed by atoms with Gasteiger partial charge >= 0.3 is 0 Å². The summed E-state index contributed by atoms with van der Waals surface area (Å²) in [5.74, 6) is 1.26. The molecule has 0 radical (unpaired) electrons. The van der Waals surface area contributed by atoms with Gasteiger partial charge in [0, 0.05) is 18.3 Å². The van der Waals surface area contributed by atoms with Gasteiger partial charge < -0.3 is 10.5 Å².